The second-order valence-corrected chi connectivity index (χ2v) is 7.61. The predicted molar refractivity (Wildman–Crippen MR) is 91.9 cm³/mol. The Morgan fingerprint density at radius 1 is 1.22 bits per heavy atom. The van der Waals surface area contributed by atoms with Crippen LogP contribution in [0.1, 0.15) is 5.56 Å². The van der Waals surface area contributed by atoms with E-state index in [0.717, 1.165) is 16.3 Å². The SMILES string of the molecule is COc1cc(Br)c(CNc2ncccc2S(C)(=O)=O)cc1OC. The van der Waals surface area contributed by atoms with E-state index in [1.165, 1.54) is 6.07 Å². The fourth-order valence-electron chi connectivity index (χ4n) is 2.03. The van der Waals surface area contributed by atoms with Gasteiger partial charge in [-0.15, -0.1) is 0 Å². The Morgan fingerprint density at radius 3 is 2.48 bits per heavy atom. The lowest BCUT2D eigenvalue weighted by Crippen LogP contribution is -2.08. The van der Waals surface area contributed by atoms with Gasteiger partial charge in [-0.2, -0.15) is 0 Å². The normalized spacial score (nSPS) is 11.1. The number of aromatic nitrogens is 1. The van der Waals surface area contributed by atoms with Crippen molar-refractivity contribution in [3.8, 4) is 11.5 Å². The molecule has 0 aliphatic rings. The highest BCUT2D eigenvalue weighted by atomic mass is 79.9. The molecule has 6 nitrogen and oxygen atoms in total. The molecule has 124 valence electrons. The van der Waals surface area contributed by atoms with Crippen LogP contribution in [0, 0.1) is 0 Å². The highest BCUT2D eigenvalue weighted by molar-refractivity contribution is 9.10. The van der Waals surface area contributed by atoms with E-state index in [1.54, 1.807) is 32.5 Å². The van der Waals surface area contributed by atoms with Crippen LogP contribution in [0.4, 0.5) is 5.82 Å². The van der Waals surface area contributed by atoms with Crippen LogP contribution in [0.2, 0.25) is 0 Å². The van der Waals surface area contributed by atoms with Gasteiger partial charge in [0, 0.05) is 23.5 Å². The minimum atomic E-state index is -3.35. The van der Waals surface area contributed by atoms with Gasteiger partial charge in [-0.25, -0.2) is 13.4 Å². The standard InChI is InChI=1S/C15H17BrN2O4S/c1-21-12-7-10(11(16)8-13(12)22-2)9-18-15-14(23(3,19)20)5-4-6-17-15/h4-8H,9H2,1-3H3,(H,17,18). The Balaban J connectivity index is 2.29. The topological polar surface area (TPSA) is 77.5 Å². The molecule has 0 radical (unpaired) electrons. The molecule has 0 bridgehead atoms. The maximum atomic E-state index is 11.8. The fraction of sp³-hybridized carbons (Fsp3) is 0.267. The van der Waals surface area contributed by atoms with Crippen molar-refractivity contribution in [3.05, 3.63) is 40.5 Å². The van der Waals surface area contributed by atoms with E-state index in [9.17, 15) is 8.42 Å². The zero-order valence-electron chi connectivity index (χ0n) is 13.0. The predicted octanol–water partition coefficient (Wildman–Crippen LogP) is 2.88. The number of nitrogens with one attached hydrogen (secondary N) is 1. The molecule has 1 aromatic heterocycles. The summed E-state index contributed by atoms with van der Waals surface area (Å²) in [5.41, 5.74) is 0.882. The van der Waals surface area contributed by atoms with Crippen LogP contribution in [0.25, 0.3) is 0 Å². The lowest BCUT2D eigenvalue weighted by molar-refractivity contribution is 0.354. The number of benzene rings is 1. The third-order valence-electron chi connectivity index (χ3n) is 3.17. The van der Waals surface area contributed by atoms with Crippen LogP contribution in [0.15, 0.2) is 39.8 Å². The monoisotopic (exact) mass is 400 g/mol. The summed E-state index contributed by atoms with van der Waals surface area (Å²) in [6.45, 7) is 0.375. The molecule has 2 rings (SSSR count). The maximum Gasteiger partial charge on any atom is 0.179 e. The van der Waals surface area contributed by atoms with E-state index in [2.05, 4.69) is 26.2 Å². The van der Waals surface area contributed by atoms with Crippen LogP contribution in [0.3, 0.4) is 0 Å². The number of halogens is 1. The van der Waals surface area contributed by atoms with Crippen molar-refractivity contribution in [2.45, 2.75) is 11.4 Å². The van der Waals surface area contributed by atoms with E-state index in [-0.39, 0.29) is 4.90 Å². The zero-order valence-corrected chi connectivity index (χ0v) is 15.4. The molecule has 23 heavy (non-hydrogen) atoms. The average Bonchev–Trinajstić information content (AvgIpc) is 2.52. The first kappa shape index (κ1) is 17.6. The van der Waals surface area contributed by atoms with E-state index >= 15 is 0 Å². The van der Waals surface area contributed by atoms with E-state index in [1.807, 2.05) is 6.07 Å². The number of hydrogen-bond donors (Lipinski definition) is 1. The smallest absolute Gasteiger partial charge is 0.179 e. The molecule has 0 saturated heterocycles. The molecular formula is C15H17BrN2O4S. The summed E-state index contributed by atoms with van der Waals surface area (Å²) in [5, 5.41) is 3.05. The second kappa shape index (κ2) is 7.18. The van der Waals surface area contributed by atoms with Crippen molar-refractivity contribution < 1.29 is 17.9 Å². The van der Waals surface area contributed by atoms with Gasteiger partial charge in [0.1, 0.15) is 10.7 Å². The Bertz CT molecular complexity index is 809. The van der Waals surface area contributed by atoms with Gasteiger partial charge in [0.05, 0.1) is 14.2 Å². The third kappa shape index (κ3) is 4.14. The van der Waals surface area contributed by atoms with Crippen molar-refractivity contribution in [2.75, 3.05) is 25.8 Å². The Kier molecular flexibility index (Phi) is 5.48. The fourth-order valence-corrected chi connectivity index (χ4v) is 3.30. The summed E-state index contributed by atoms with van der Waals surface area (Å²) in [6, 6.07) is 6.73. The van der Waals surface area contributed by atoms with Gasteiger partial charge in [0.15, 0.2) is 21.3 Å². The summed E-state index contributed by atoms with van der Waals surface area (Å²) in [6.07, 6.45) is 2.70. The van der Waals surface area contributed by atoms with Crippen LogP contribution < -0.4 is 14.8 Å². The van der Waals surface area contributed by atoms with Crippen molar-refractivity contribution in [1.29, 1.82) is 0 Å². The van der Waals surface area contributed by atoms with E-state index < -0.39 is 9.84 Å². The number of nitrogens with zero attached hydrogens (tertiary/aromatic N) is 1. The summed E-state index contributed by atoms with van der Waals surface area (Å²) in [7, 11) is -0.230. The van der Waals surface area contributed by atoms with E-state index in [0.29, 0.717) is 23.9 Å². The number of rotatable bonds is 6. The first-order chi connectivity index (χ1) is 10.9. The Labute approximate surface area is 143 Å². The average molecular weight is 401 g/mol. The number of sulfone groups is 1. The molecule has 0 spiro atoms. The highest BCUT2D eigenvalue weighted by Crippen LogP contribution is 2.33. The minimum absolute atomic E-state index is 0.164. The molecule has 0 amide bonds. The van der Waals surface area contributed by atoms with Gasteiger partial charge in [0.2, 0.25) is 0 Å². The van der Waals surface area contributed by atoms with Crippen LogP contribution >= 0.6 is 15.9 Å². The highest BCUT2D eigenvalue weighted by Gasteiger charge is 2.15. The molecule has 0 aliphatic heterocycles. The number of anilines is 1. The quantitative estimate of drug-likeness (QED) is 0.802. The lowest BCUT2D eigenvalue weighted by atomic mass is 10.2. The molecule has 1 aromatic carbocycles. The first-order valence-electron chi connectivity index (χ1n) is 6.66. The summed E-state index contributed by atoms with van der Waals surface area (Å²) >= 11 is 3.47. The van der Waals surface area contributed by atoms with Crippen molar-refractivity contribution >= 4 is 31.6 Å². The number of methoxy groups -OCH3 is 2. The Hall–Kier alpha value is -1.80. The summed E-state index contributed by atoms with van der Waals surface area (Å²) in [4.78, 5) is 4.27. The van der Waals surface area contributed by atoms with Crippen LogP contribution in [0.5, 0.6) is 11.5 Å². The van der Waals surface area contributed by atoms with Crippen molar-refractivity contribution in [1.82, 2.24) is 4.98 Å². The van der Waals surface area contributed by atoms with Crippen LogP contribution in [-0.2, 0) is 16.4 Å². The molecule has 0 aliphatic carbocycles. The zero-order chi connectivity index (χ0) is 17.0. The summed E-state index contributed by atoms with van der Waals surface area (Å²) < 4.78 is 34.9. The van der Waals surface area contributed by atoms with Gasteiger partial charge in [-0.1, -0.05) is 15.9 Å². The maximum absolute atomic E-state index is 11.8. The lowest BCUT2D eigenvalue weighted by Gasteiger charge is -2.14. The number of pyridine rings is 1. The third-order valence-corrected chi connectivity index (χ3v) is 5.04. The van der Waals surface area contributed by atoms with Gasteiger partial charge < -0.3 is 14.8 Å². The molecule has 2 aromatic rings. The molecule has 0 saturated carbocycles. The molecule has 1 N–H and O–H groups in total. The minimum Gasteiger partial charge on any atom is -0.493 e. The molecule has 1 heterocycles. The molecule has 8 heteroatoms. The molecule has 0 unspecified atom stereocenters. The molecule has 0 fully saturated rings. The van der Waals surface area contributed by atoms with Crippen molar-refractivity contribution in [2.24, 2.45) is 0 Å². The van der Waals surface area contributed by atoms with Crippen LogP contribution in [-0.4, -0.2) is 33.9 Å². The molecular weight excluding hydrogens is 384 g/mol. The number of ether oxygens (including phenoxy) is 2. The first-order valence-corrected chi connectivity index (χ1v) is 9.34. The van der Waals surface area contributed by atoms with Crippen molar-refractivity contribution in [3.63, 3.8) is 0 Å². The van der Waals surface area contributed by atoms with Gasteiger partial charge in [-0.3, -0.25) is 0 Å². The van der Waals surface area contributed by atoms with Gasteiger partial charge >= 0.3 is 0 Å². The van der Waals surface area contributed by atoms with Gasteiger partial charge in [-0.05, 0) is 29.8 Å². The largest absolute Gasteiger partial charge is 0.493 e. The Morgan fingerprint density at radius 2 is 1.87 bits per heavy atom. The second-order valence-electron chi connectivity index (χ2n) is 4.77. The summed E-state index contributed by atoms with van der Waals surface area (Å²) in [5.74, 6) is 1.52. The van der Waals surface area contributed by atoms with Gasteiger partial charge in [0.25, 0.3) is 0 Å². The molecule has 0 atom stereocenters. The van der Waals surface area contributed by atoms with E-state index in [4.69, 9.17) is 9.47 Å². The number of hydrogen-bond acceptors (Lipinski definition) is 6.